The molecule has 0 radical (unpaired) electrons. The van der Waals surface area contributed by atoms with E-state index in [0.29, 0.717) is 0 Å². The van der Waals surface area contributed by atoms with Gasteiger partial charge in [0.25, 0.3) is 5.91 Å². The second-order valence-corrected chi connectivity index (χ2v) is 14.0. The molecule has 0 fully saturated rings. The highest BCUT2D eigenvalue weighted by Crippen LogP contribution is 2.44. The maximum atomic E-state index is 13.2. The van der Waals surface area contributed by atoms with Crippen molar-refractivity contribution in [1.29, 1.82) is 0 Å². The third-order valence-corrected chi connectivity index (χ3v) is 12.0. The lowest BCUT2D eigenvalue weighted by Gasteiger charge is -2.37. The van der Waals surface area contributed by atoms with Crippen molar-refractivity contribution in [2.75, 3.05) is 28.4 Å². The summed E-state index contributed by atoms with van der Waals surface area (Å²) in [5, 5.41) is 1.28. The van der Waals surface area contributed by atoms with Gasteiger partial charge in [0.05, 0.1) is 33.4 Å². The molecule has 0 heterocycles. The minimum Gasteiger partial charge on any atom is -0.496 e. The topological polar surface area (TPSA) is 57.2 Å². The number of amides is 1. The molecule has 0 aliphatic carbocycles. The molecule has 0 aliphatic rings. The molecule has 200 valence electrons. The van der Waals surface area contributed by atoms with E-state index in [1.54, 1.807) is 21.3 Å². The third kappa shape index (κ3) is 7.82. The van der Waals surface area contributed by atoms with Gasteiger partial charge in [-0.2, -0.15) is 0 Å². The van der Waals surface area contributed by atoms with Gasteiger partial charge in [0, 0.05) is 12.6 Å². The summed E-state index contributed by atoms with van der Waals surface area (Å²) in [6.45, 7) is 14.7. The van der Waals surface area contributed by atoms with E-state index < -0.39 is 20.3 Å². The van der Waals surface area contributed by atoms with E-state index in [9.17, 15) is 4.79 Å². The number of nitrogens with zero attached hydrogens (tertiary/aromatic N) is 1. The molecule has 3 atom stereocenters. The molecule has 7 heteroatoms. The smallest absolute Gasteiger partial charge is 0.251 e. The van der Waals surface area contributed by atoms with Crippen LogP contribution in [0.3, 0.4) is 0 Å². The van der Waals surface area contributed by atoms with Gasteiger partial charge in [-0.05, 0) is 54.6 Å². The van der Waals surface area contributed by atoms with Gasteiger partial charge in [-0.1, -0.05) is 53.5 Å². The van der Waals surface area contributed by atoms with E-state index in [-0.39, 0.29) is 11.8 Å². The number of ether oxygens (including phenoxy) is 2. The van der Waals surface area contributed by atoms with Gasteiger partial charge in [0.15, 0.2) is 8.32 Å². The van der Waals surface area contributed by atoms with E-state index in [1.807, 2.05) is 25.1 Å². The number of methoxy groups -OCH3 is 2. The maximum Gasteiger partial charge on any atom is 0.251 e. The first-order valence-corrected chi connectivity index (χ1v) is 15.6. The van der Waals surface area contributed by atoms with Gasteiger partial charge < -0.3 is 13.9 Å². The first-order chi connectivity index (χ1) is 16.7. The quantitative estimate of drug-likeness (QED) is 0.126. The van der Waals surface area contributed by atoms with Crippen molar-refractivity contribution >= 4 is 14.2 Å². The number of rotatable bonds is 17. The van der Waals surface area contributed by atoms with E-state index in [4.69, 9.17) is 18.7 Å². The minimum atomic E-state index is -2.04. The predicted molar refractivity (Wildman–Crippen MR) is 147 cm³/mol. The summed E-state index contributed by atoms with van der Waals surface area (Å²) in [4.78, 5) is 18.4. The molecular weight excluding hydrogens is 458 g/mol. The summed E-state index contributed by atoms with van der Waals surface area (Å²) >= 11 is 0. The van der Waals surface area contributed by atoms with Crippen LogP contribution in [-0.4, -0.2) is 47.7 Å². The van der Waals surface area contributed by atoms with Crippen LogP contribution in [-0.2, 0) is 14.1 Å². The SMILES string of the molecule is C=CC[C@H](CCCC)c1c(OC)cc([C@H](O[Si](CC)(CC)CC)[C@@H](C)C(=O)N(C)OC)cc1OC. The number of carbonyl (C=O) groups excluding carboxylic acids is 1. The molecule has 1 amide bonds. The van der Waals surface area contributed by atoms with Crippen molar-refractivity contribution < 1.29 is 23.5 Å². The Hall–Kier alpha value is -1.83. The number of hydrogen-bond donors (Lipinski definition) is 0. The predicted octanol–water partition coefficient (Wildman–Crippen LogP) is 7.27. The second kappa shape index (κ2) is 15.3. The van der Waals surface area contributed by atoms with Crippen molar-refractivity contribution in [1.82, 2.24) is 5.06 Å². The molecular formula is C28H49NO5Si. The van der Waals surface area contributed by atoms with Gasteiger partial charge in [-0.25, -0.2) is 5.06 Å². The normalized spacial score (nSPS) is 14.2. The summed E-state index contributed by atoms with van der Waals surface area (Å²) in [6, 6.07) is 7.05. The van der Waals surface area contributed by atoms with Crippen molar-refractivity contribution in [3.05, 3.63) is 35.9 Å². The first kappa shape index (κ1) is 31.2. The molecule has 6 nitrogen and oxygen atoms in total. The standard InChI is InChI=1S/C28H49NO5Si/c1-11-16-18-22(17-12-2)26-24(31-8)19-23(20-25(26)32-9)27(21(6)28(30)29(7)33-10)34-35(13-3,14-4)15-5/h12,19-22,27H,2,11,13-18H2,1,3-10H3/t21-,22-,27-/m1/s1. The van der Waals surface area contributed by atoms with Crippen LogP contribution < -0.4 is 9.47 Å². The molecule has 0 bridgehead atoms. The number of allylic oxidation sites excluding steroid dienone is 1. The highest BCUT2D eigenvalue weighted by molar-refractivity contribution is 6.73. The minimum absolute atomic E-state index is 0.127. The van der Waals surface area contributed by atoms with Crippen LogP contribution in [0, 0.1) is 5.92 Å². The Labute approximate surface area is 215 Å². The Morgan fingerprint density at radius 1 is 1.06 bits per heavy atom. The highest BCUT2D eigenvalue weighted by Gasteiger charge is 2.38. The van der Waals surface area contributed by atoms with Crippen LogP contribution >= 0.6 is 0 Å². The molecule has 0 unspecified atom stereocenters. The molecule has 0 saturated carbocycles. The Balaban J connectivity index is 3.72. The zero-order valence-electron chi connectivity index (χ0n) is 23.6. The van der Waals surface area contributed by atoms with E-state index in [0.717, 1.165) is 66.4 Å². The van der Waals surface area contributed by atoms with Crippen LogP contribution in [0.1, 0.15) is 83.5 Å². The fourth-order valence-electron chi connectivity index (χ4n) is 4.79. The molecule has 0 aliphatic heterocycles. The Kier molecular flexibility index (Phi) is 13.7. The average Bonchev–Trinajstić information content (AvgIpc) is 2.90. The van der Waals surface area contributed by atoms with Crippen molar-refractivity contribution in [3.63, 3.8) is 0 Å². The lowest BCUT2D eigenvalue weighted by atomic mass is 9.87. The van der Waals surface area contributed by atoms with Gasteiger partial charge in [-0.15, -0.1) is 6.58 Å². The van der Waals surface area contributed by atoms with Crippen LogP contribution in [0.4, 0.5) is 0 Å². The highest BCUT2D eigenvalue weighted by atomic mass is 28.4. The number of carbonyl (C=O) groups is 1. The molecule has 0 saturated heterocycles. The summed E-state index contributed by atoms with van der Waals surface area (Å²) in [5.74, 6) is 1.22. The van der Waals surface area contributed by atoms with Gasteiger partial charge in [-0.3, -0.25) is 9.63 Å². The van der Waals surface area contributed by atoms with E-state index in [2.05, 4.69) is 34.3 Å². The number of hydroxylamine groups is 2. The lowest BCUT2D eigenvalue weighted by molar-refractivity contribution is -0.176. The summed E-state index contributed by atoms with van der Waals surface area (Å²) in [5.41, 5.74) is 1.96. The van der Waals surface area contributed by atoms with Crippen LogP contribution in [0.25, 0.3) is 0 Å². The van der Waals surface area contributed by atoms with Gasteiger partial charge in [0.1, 0.15) is 11.5 Å². The fourth-order valence-corrected chi connectivity index (χ4v) is 7.67. The van der Waals surface area contributed by atoms with E-state index in [1.165, 1.54) is 12.2 Å². The Morgan fingerprint density at radius 3 is 2.00 bits per heavy atom. The van der Waals surface area contributed by atoms with Gasteiger partial charge in [0.2, 0.25) is 0 Å². The van der Waals surface area contributed by atoms with Crippen LogP contribution in [0.15, 0.2) is 24.8 Å². The lowest BCUT2D eigenvalue weighted by Crippen LogP contribution is -2.42. The molecule has 1 rings (SSSR count). The molecule has 0 N–H and O–H groups in total. The monoisotopic (exact) mass is 507 g/mol. The number of unbranched alkanes of at least 4 members (excludes halogenated alkanes) is 1. The van der Waals surface area contributed by atoms with Crippen molar-refractivity contribution in [2.24, 2.45) is 5.92 Å². The number of benzene rings is 1. The largest absolute Gasteiger partial charge is 0.496 e. The maximum absolute atomic E-state index is 13.2. The molecule has 1 aromatic carbocycles. The molecule has 0 aromatic heterocycles. The zero-order valence-corrected chi connectivity index (χ0v) is 24.6. The van der Waals surface area contributed by atoms with Gasteiger partial charge >= 0.3 is 0 Å². The molecule has 0 spiro atoms. The first-order valence-electron chi connectivity index (χ1n) is 13.1. The number of hydrogen-bond acceptors (Lipinski definition) is 5. The summed E-state index contributed by atoms with van der Waals surface area (Å²) in [7, 11) is 4.48. The summed E-state index contributed by atoms with van der Waals surface area (Å²) < 4.78 is 18.8. The Morgan fingerprint density at radius 2 is 1.60 bits per heavy atom. The van der Waals surface area contributed by atoms with Crippen molar-refractivity contribution in [3.8, 4) is 11.5 Å². The average molecular weight is 508 g/mol. The fraction of sp³-hybridized carbons (Fsp3) is 0.679. The van der Waals surface area contributed by atoms with E-state index >= 15 is 0 Å². The molecule has 35 heavy (non-hydrogen) atoms. The zero-order chi connectivity index (χ0) is 26.6. The van der Waals surface area contributed by atoms with Crippen LogP contribution in [0.5, 0.6) is 11.5 Å². The van der Waals surface area contributed by atoms with Crippen LogP contribution in [0.2, 0.25) is 18.1 Å². The Bertz CT molecular complexity index is 762. The summed E-state index contributed by atoms with van der Waals surface area (Å²) in [6.07, 6.45) is 5.64. The third-order valence-electron chi connectivity index (χ3n) is 7.40. The van der Waals surface area contributed by atoms with Crippen molar-refractivity contribution in [2.45, 2.75) is 90.5 Å². The second-order valence-electron chi connectivity index (χ2n) is 9.29. The molecule has 1 aromatic rings.